The minimum atomic E-state index is 0.130. The molecule has 1 saturated heterocycles. The van der Waals surface area contributed by atoms with Gasteiger partial charge in [-0.1, -0.05) is 12.2 Å². The maximum absolute atomic E-state index is 12.5. The van der Waals surface area contributed by atoms with Gasteiger partial charge in [-0.15, -0.1) is 0 Å². The molecule has 3 atom stereocenters. The number of carbonyl (C=O) groups is 1. The van der Waals surface area contributed by atoms with E-state index in [9.17, 15) is 4.79 Å². The first-order valence-electron chi connectivity index (χ1n) is 9.38. The van der Waals surface area contributed by atoms with Gasteiger partial charge in [-0.3, -0.25) is 4.68 Å². The van der Waals surface area contributed by atoms with Gasteiger partial charge in [0.2, 0.25) is 0 Å². The van der Waals surface area contributed by atoms with Gasteiger partial charge < -0.3 is 10.2 Å². The highest BCUT2D eigenvalue weighted by Gasteiger charge is 2.32. The highest BCUT2D eigenvalue weighted by Crippen LogP contribution is 2.40. The third-order valence-corrected chi connectivity index (χ3v) is 6.21. The maximum atomic E-state index is 12.5. The Bertz CT molecular complexity index is 615. The predicted octanol–water partition coefficient (Wildman–Crippen LogP) is 2.91. The van der Waals surface area contributed by atoms with E-state index in [0.29, 0.717) is 17.8 Å². The number of aryl methyl sites for hydroxylation is 1. The van der Waals surface area contributed by atoms with Crippen LogP contribution in [0.15, 0.2) is 24.5 Å². The number of carbonyl (C=O) groups excluding carboxylic acids is 1. The lowest BCUT2D eigenvalue weighted by Crippen LogP contribution is -2.46. The number of likely N-dealkylation sites (tertiary alicyclic amines) is 1. The van der Waals surface area contributed by atoms with Crippen LogP contribution in [0.4, 0.5) is 4.79 Å². The van der Waals surface area contributed by atoms with Crippen LogP contribution < -0.4 is 5.32 Å². The van der Waals surface area contributed by atoms with E-state index in [1.165, 1.54) is 24.8 Å². The minimum Gasteiger partial charge on any atom is -0.338 e. The van der Waals surface area contributed by atoms with E-state index in [2.05, 4.69) is 28.8 Å². The van der Waals surface area contributed by atoms with Crippen molar-refractivity contribution < 1.29 is 4.79 Å². The van der Waals surface area contributed by atoms with Crippen molar-refractivity contribution in [3.63, 3.8) is 0 Å². The fourth-order valence-electron chi connectivity index (χ4n) is 4.68. The zero-order valence-corrected chi connectivity index (χ0v) is 14.5. The van der Waals surface area contributed by atoms with Crippen LogP contribution in [0.5, 0.6) is 0 Å². The van der Waals surface area contributed by atoms with E-state index in [1.54, 1.807) is 0 Å². The quantitative estimate of drug-likeness (QED) is 0.867. The normalized spacial score (nSPS) is 29.9. The van der Waals surface area contributed by atoms with E-state index < -0.39 is 0 Å². The summed E-state index contributed by atoms with van der Waals surface area (Å²) in [6.45, 7) is 2.54. The Morgan fingerprint density at radius 1 is 1.25 bits per heavy atom. The van der Waals surface area contributed by atoms with Crippen LogP contribution >= 0.6 is 0 Å². The second kappa shape index (κ2) is 6.61. The number of aromatic nitrogens is 2. The number of piperidine rings is 1. The van der Waals surface area contributed by atoms with E-state index >= 15 is 0 Å². The number of hydrogen-bond donors (Lipinski definition) is 1. The lowest BCUT2D eigenvalue weighted by molar-refractivity contribution is 0.170. The lowest BCUT2D eigenvalue weighted by Gasteiger charge is -2.38. The number of hydrogen-bond acceptors (Lipinski definition) is 2. The fourth-order valence-corrected chi connectivity index (χ4v) is 4.68. The summed E-state index contributed by atoms with van der Waals surface area (Å²) in [5.41, 5.74) is 1.31. The summed E-state index contributed by atoms with van der Waals surface area (Å²) in [5, 5.41) is 7.47. The summed E-state index contributed by atoms with van der Waals surface area (Å²) >= 11 is 0. The number of nitrogens with zero attached hydrogens (tertiary/aromatic N) is 3. The summed E-state index contributed by atoms with van der Waals surface area (Å²) in [6, 6.07) is 0.130. The van der Waals surface area contributed by atoms with Crippen LogP contribution in [0, 0.1) is 17.8 Å². The van der Waals surface area contributed by atoms with Gasteiger partial charge in [-0.2, -0.15) is 5.10 Å². The molecule has 3 unspecified atom stereocenters. The van der Waals surface area contributed by atoms with E-state index in [1.807, 2.05) is 22.8 Å². The number of rotatable bonds is 3. The van der Waals surface area contributed by atoms with Crippen molar-refractivity contribution >= 4 is 6.03 Å². The van der Waals surface area contributed by atoms with Crippen LogP contribution in [-0.4, -0.2) is 40.3 Å². The van der Waals surface area contributed by atoms with Gasteiger partial charge in [0, 0.05) is 32.9 Å². The highest BCUT2D eigenvalue weighted by molar-refractivity contribution is 5.74. The average Bonchev–Trinajstić information content (AvgIpc) is 3.07. The zero-order valence-electron chi connectivity index (χ0n) is 14.5. The molecule has 5 rings (SSSR count). The van der Waals surface area contributed by atoms with Gasteiger partial charge in [0.05, 0.1) is 6.20 Å². The molecule has 1 aliphatic heterocycles. The average molecular weight is 328 g/mol. The van der Waals surface area contributed by atoms with E-state index in [-0.39, 0.29) is 6.03 Å². The molecule has 1 saturated carbocycles. The van der Waals surface area contributed by atoms with Crippen molar-refractivity contribution in [2.75, 3.05) is 19.6 Å². The largest absolute Gasteiger partial charge is 0.338 e. The minimum absolute atomic E-state index is 0.130. The predicted molar refractivity (Wildman–Crippen MR) is 93.6 cm³/mol. The second-order valence-electron chi connectivity index (χ2n) is 7.78. The molecule has 5 heteroatoms. The Morgan fingerprint density at radius 2 is 2.08 bits per heavy atom. The van der Waals surface area contributed by atoms with Crippen molar-refractivity contribution in [2.24, 2.45) is 24.8 Å². The molecule has 24 heavy (non-hydrogen) atoms. The number of amides is 2. The number of nitrogens with one attached hydrogen (secondary N) is 1. The fraction of sp³-hybridized carbons (Fsp3) is 0.684. The number of allylic oxidation sites excluding steroid dienone is 2. The van der Waals surface area contributed by atoms with Crippen LogP contribution in [0.3, 0.4) is 0 Å². The Morgan fingerprint density at radius 3 is 2.67 bits per heavy atom. The van der Waals surface area contributed by atoms with Crippen molar-refractivity contribution in [1.29, 1.82) is 0 Å². The molecule has 2 fully saturated rings. The van der Waals surface area contributed by atoms with Crippen molar-refractivity contribution in [1.82, 2.24) is 20.0 Å². The smallest absolute Gasteiger partial charge is 0.317 e. The molecule has 5 nitrogen and oxygen atoms in total. The Labute approximate surface area is 144 Å². The molecule has 0 aromatic carbocycles. The molecule has 0 spiro atoms. The molecule has 0 radical (unpaired) electrons. The third-order valence-electron chi connectivity index (χ3n) is 6.21. The Hall–Kier alpha value is -1.78. The van der Waals surface area contributed by atoms with Gasteiger partial charge >= 0.3 is 6.03 Å². The van der Waals surface area contributed by atoms with Gasteiger partial charge in [0.15, 0.2) is 0 Å². The lowest BCUT2D eigenvalue weighted by atomic mass is 9.69. The summed E-state index contributed by atoms with van der Waals surface area (Å²) in [5.74, 6) is 2.63. The van der Waals surface area contributed by atoms with Gasteiger partial charge in [-0.25, -0.2) is 4.79 Å². The van der Waals surface area contributed by atoms with Crippen molar-refractivity contribution in [3.05, 3.63) is 30.1 Å². The summed E-state index contributed by atoms with van der Waals surface area (Å²) in [7, 11) is 1.96. The topological polar surface area (TPSA) is 50.2 Å². The molecule has 1 aromatic rings. The molecule has 3 aliphatic carbocycles. The first kappa shape index (κ1) is 15.7. The molecule has 2 heterocycles. The molecular weight excluding hydrogens is 300 g/mol. The Balaban J connectivity index is 1.24. The Kier molecular flexibility index (Phi) is 4.33. The van der Waals surface area contributed by atoms with Crippen molar-refractivity contribution in [3.8, 4) is 0 Å². The number of urea groups is 1. The van der Waals surface area contributed by atoms with Gasteiger partial charge in [-0.05, 0) is 61.3 Å². The van der Waals surface area contributed by atoms with Crippen LogP contribution in [-0.2, 0) is 7.05 Å². The molecule has 1 N–H and O–H groups in total. The molecule has 1 aromatic heterocycles. The molecule has 4 aliphatic rings. The third kappa shape index (κ3) is 3.21. The summed E-state index contributed by atoms with van der Waals surface area (Å²) < 4.78 is 1.86. The molecule has 2 bridgehead atoms. The highest BCUT2D eigenvalue weighted by atomic mass is 16.2. The van der Waals surface area contributed by atoms with E-state index in [4.69, 9.17) is 0 Å². The first-order valence-corrected chi connectivity index (χ1v) is 9.38. The second-order valence-corrected chi connectivity index (χ2v) is 7.78. The molecule has 2 amide bonds. The zero-order chi connectivity index (χ0) is 16.5. The maximum Gasteiger partial charge on any atom is 0.317 e. The van der Waals surface area contributed by atoms with Crippen LogP contribution in [0.25, 0.3) is 0 Å². The number of fused-ring (bicyclic) bond motifs is 2. The van der Waals surface area contributed by atoms with Crippen LogP contribution in [0.2, 0.25) is 0 Å². The van der Waals surface area contributed by atoms with Crippen molar-refractivity contribution in [2.45, 2.75) is 38.0 Å². The first-order chi connectivity index (χ1) is 11.7. The van der Waals surface area contributed by atoms with Gasteiger partial charge in [0.25, 0.3) is 0 Å². The monoisotopic (exact) mass is 328 g/mol. The molecular formula is C19H28N4O. The summed E-state index contributed by atoms with van der Waals surface area (Å²) in [4.78, 5) is 14.5. The standard InChI is InChI=1S/C19H28N4O/c1-22-13-18(12-21-22)16-6-8-23(9-7-16)19(24)20-11-17-10-14-2-4-15(17)5-3-14/h2,4,12-17H,3,5-11H2,1H3,(H,20,24). The summed E-state index contributed by atoms with van der Waals surface area (Å²) in [6.07, 6.45) is 14.8. The van der Waals surface area contributed by atoms with Crippen LogP contribution in [0.1, 0.15) is 43.6 Å². The SMILES string of the molecule is Cn1cc(C2CCN(C(=O)NCC3CC4C=CC3CC4)CC2)cn1. The van der Waals surface area contributed by atoms with Gasteiger partial charge in [0.1, 0.15) is 0 Å². The van der Waals surface area contributed by atoms with E-state index in [0.717, 1.165) is 38.4 Å². The molecule has 130 valence electrons.